The SMILES string of the molecule is O=C(Nc1ccc(-c2cc(C(=O)O)ccc2Cl)cc1)OCc1ccccc1. The number of carbonyl (C=O) groups excluding carboxylic acids is 1. The summed E-state index contributed by atoms with van der Waals surface area (Å²) < 4.78 is 5.17. The lowest BCUT2D eigenvalue weighted by Gasteiger charge is -2.09. The maximum Gasteiger partial charge on any atom is 0.411 e. The molecule has 0 aliphatic heterocycles. The molecule has 0 saturated heterocycles. The van der Waals surface area contributed by atoms with Crippen molar-refractivity contribution in [2.45, 2.75) is 6.61 Å². The number of anilines is 1. The van der Waals surface area contributed by atoms with Gasteiger partial charge >= 0.3 is 12.1 Å². The van der Waals surface area contributed by atoms with Crippen LogP contribution in [0.25, 0.3) is 11.1 Å². The number of hydrogen-bond donors (Lipinski definition) is 2. The highest BCUT2D eigenvalue weighted by atomic mass is 35.5. The van der Waals surface area contributed by atoms with Crippen LogP contribution in [0, 0.1) is 0 Å². The summed E-state index contributed by atoms with van der Waals surface area (Å²) in [6.45, 7) is 0.183. The highest BCUT2D eigenvalue weighted by Gasteiger charge is 2.10. The van der Waals surface area contributed by atoms with Crippen molar-refractivity contribution in [3.63, 3.8) is 0 Å². The minimum Gasteiger partial charge on any atom is -0.478 e. The fourth-order valence-electron chi connectivity index (χ4n) is 2.49. The van der Waals surface area contributed by atoms with Gasteiger partial charge in [0.1, 0.15) is 6.61 Å². The van der Waals surface area contributed by atoms with E-state index in [9.17, 15) is 9.59 Å². The van der Waals surface area contributed by atoms with Crippen LogP contribution in [0.5, 0.6) is 0 Å². The van der Waals surface area contributed by atoms with Gasteiger partial charge < -0.3 is 9.84 Å². The Labute approximate surface area is 161 Å². The first kappa shape index (κ1) is 18.5. The molecule has 136 valence electrons. The van der Waals surface area contributed by atoms with E-state index in [1.807, 2.05) is 30.3 Å². The Balaban J connectivity index is 1.66. The standard InChI is InChI=1S/C21H16ClNO4/c22-19-11-8-16(20(24)25)12-18(19)15-6-9-17(10-7-15)23-21(26)27-13-14-4-2-1-3-5-14/h1-12H,13H2,(H,23,26)(H,24,25). The van der Waals surface area contributed by atoms with Gasteiger partial charge in [-0.25, -0.2) is 9.59 Å². The molecule has 3 aromatic carbocycles. The van der Waals surface area contributed by atoms with Gasteiger partial charge in [-0.05, 0) is 41.5 Å². The molecule has 0 aromatic heterocycles. The van der Waals surface area contributed by atoms with Crippen LogP contribution in [0.1, 0.15) is 15.9 Å². The Bertz CT molecular complexity index is 956. The second-order valence-corrected chi connectivity index (χ2v) is 6.17. The number of amides is 1. The quantitative estimate of drug-likeness (QED) is 0.615. The highest BCUT2D eigenvalue weighted by Crippen LogP contribution is 2.30. The van der Waals surface area contributed by atoms with Crippen molar-refractivity contribution in [3.8, 4) is 11.1 Å². The molecular formula is C21H16ClNO4. The third kappa shape index (κ3) is 4.86. The fourth-order valence-corrected chi connectivity index (χ4v) is 2.72. The molecule has 0 saturated carbocycles. The van der Waals surface area contributed by atoms with Crippen LogP contribution in [0.2, 0.25) is 5.02 Å². The summed E-state index contributed by atoms with van der Waals surface area (Å²) in [5.74, 6) is -1.02. The molecule has 0 bridgehead atoms. The first-order valence-electron chi connectivity index (χ1n) is 8.14. The van der Waals surface area contributed by atoms with E-state index >= 15 is 0 Å². The van der Waals surface area contributed by atoms with Crippen LogP contribution < -0.4 is 5.32 Å². The van der Waals surface area contributed by atoms with Crippen molar-refractivity contribution in [3.05, 3.63) is 88.9 Å². The first-order chi connectivity index (χ1) is 13.0. The van der Waals surface area contributed by atoms with E-state index in [4.69, 9.17) is 21.4 Å². The summed E-state index contributed by atoms with van der Waals surface area (Å²) in [4.78, 5) is 23.0. The molecule has 0 atom stereocenters. The second-order valence-electron chi connectivity index (χ2n) is 5.76. The minimum atomic E-state index is -1.02. The van der Waals surface area contributed by atoms with Gasteiger partial charge in [0.05, 0.1) is 5.56 Å². The summed E-state index contributed by atoms with van der Waals surface area (Å²) in [6.07, 6.45) is -0.558. The number of rotatable bonds is 5. The van der Waals surface area contributed by atoms with Crippen LogP contribution in [-0.2, 0) is 11.3 Å². The van der Waals surface area contributed by atoms with E-state index in [2.05, 4.69) is 5.32 Å². The molecule has 0 unspecified atom stereocenters. The Morgan fingerprint density at radius 1 is 0.963 bits per heavy atom. The molecule has 27 heavy (non-hydrogen) atoms. The molecule has 5 nitrogen and oxygen atoms in total. The lowest BCUT2D eigenvalue weighted by Crippen LogP contribution is -2.13. The van der Waals surface area contributed by atoms with Gasteiger partial charge in [0.15, 0.2) is 0 Å². The smallest absolute Gasteiger partial charge is 0.411 e. The monoisotopic (exact) mass is 381 g/mol. The maximum atomic E-state index is 11.9. The molecule has 0 spiro atoms. The zero-order valence-corrected chi connectivity index (χ0v) is 14.9. The minimum absolute atomic E-state index is 0.154. The maximum absolute atomic E-state index is 11.9. The molecule has 3 rings (SSSR count). The van der Waals surface area contributed by atoms with Gasteiger partial charge in [0, 0.05) is 16.3 Å². The number of aromatic carboxylic acids is 1. The van der Waals surface area contributed by atoms with Crippen molar-refractivity contribution < 1.29 is 19.4 Å². The van der Waals surface area contributed by atoms with Crippen LogP contribution in [0.15, 0.2) is 72.8 Å². The normalized spacial score (nSPS) is 10.3. The average Bonchev–Trinajstić information content (AvgIpc) is 2.68. The molecule has 0 aliphatic rings. The van der Waals surface area contributed by atoms with Gasteiger partial charge in [-0.3, -0.25) is 5.32 Å². The Hall–Kier alpha value is -3.31. The van der Waals surface area contributed by atoms with E-state index in [1.165, 1.54) is 12.1 Å². The lowest BCUT2D eigenvalue weighted by molar-refractivity contribution is 0.0697. The van der Waals surface area contributed by atoms with E-state index in [-0.39, 0.29) is 12.2 Å². The Morgan fingerprint density at radius 2 is 1.67 bits per heavy atom. The van der Waals surface area contributed by atoms with E-state index in [0.717, 1.165) is 11.1 Å². The average molecular weight is 382 g/mol. The molecule has 2 N–H and O–H groups in total. The van der Waals surface area contributed by atoms with Crippen LogP contribution in [0.4, 0.5) is 10.5 Å². The van der Waals surface area contributed by atoms with E-state index in [0.29, 0.717) is 16.3 Å². The number of hydrogen-bond acceptors (Lipinski definition) is 3. The van der Waals surface area contributed by atoms with E-state index < -0.39 is 12.1 Å². The molecule has 0 radical (unpaired) electrons. The third-order valence-corrected chi connectivity index (χ3v) is 4.20. The van der Waals surface area contributed by atoms with Gasteiger partial charge in [0.25, 0.3) is 0 Å². The number of carbonyl (C=O) groups is 2. The van der Waals surface area contributed by atoms with Gasteiger partial charge in [-0.15, -0.1) is 0 Å². The molecular weight excluding hydrogens is 366 g/mol. The van der Waals surface area contributed by atoms with Crippen molar-refractivity contribution in [2.75, 3.05) is 5.32 Å². The summed E-state index contributed by atoms with van der Waals surface area (Å²) in [5.41, 5.74) is 2.96. The number of carboxylic acids is 1. The second kappa shape index (κ2) is 8.38. The van der Waals surface area contributed by atoms with Gasteiger partial charge in [-0.2, -0.15) is 0 Å². The number of nitrogens with one attached hydrogen (secondary N) is 1. The summed E-state index contributed by atoms with van der Waals surface area (Å²) in [5, 5.41) is 12.2. The molecule has 0 aliphatic carbocycles. The molecule has 6 heteroatoms. The number of ether oxygens (including phenoxy) is 1. The zero-order valence-electron chi connectivity index (χ0n) is 14.2. The van der Waals surface area contributed by atoms with Crippen molar-refractivity contribution in [1.82, 2.24) is 0 Å². The molecule has 0 fully saturated rings. The predicted molar refractivity (Wildman–Crippen MR) is 104 cm³/mol. The molecule has 0 heterocycles. The molecule has 3 aromatic rings. The summed E-state index contributed by atoms with van der Waals surface area (Å²) in [7, 11) is 0. The van der Waals surface area contributed by atoms with Gasteiger partial charge in [0.2, 0.25) is 0 Å². The topological polar surface area (TPSA) is 75.6 Å². The first-order valence-corrected chi connectivity index (χ1v) is 8.52. The molecule has 1 amide bonds. The van der Waals surface area contributed by atoms with Crippen molar-refractivity contribution in [1.29, 1.82) is 0 Å². The van der Waals surface area contributed by atoms with Crippen LogP contribution >= 0.6 is 11.6 Å². The lowest BCUT2D eigenvalue weighted by atomic mass is 10.0. The summed E-state index contributed by atoms with van der Waals surface area (Å²) in [6, 6.07) is 20.8. The predicted octanol–water partition coefficient (Wildman–Crippen LogP) is 5.45. The van der Waals surface area contributed by atoms with Crippen LogP contribution in [0.3, 0.4) is 0 Å². The van der Waals surface area contributed by atoms with Gasteiger partial charge in [-0.1, -0.05) is 54.1 Å². The fraction of sp³-hybridized carbons (Fsp3) is 0.0476. The van der Waals surface area contributed by atoms with Crippen molar-refractivity contribution >= 4 is 29.4 Å². The number of carboxylic acid groups (broad SMARTS) is 1. The third-order valence-electron chi connectivity index (χ3n) is 3.87. The number of benzene rings is 3. The largest absolute Gasteiger partial charge is 0.478 e. The Kier molecular flexibility index (Phi) is 5.74. The highest BCUT2D eigenvalue weighted by molar-refractivity contribution is 6.33. The van der Waals surface area contributed by atoms with Crippen LogP contribution in [-0.4, -0.2) is 17.2 Å². The Morgan fingerprint density at radius 3 is 2.33 bits per heavy atom. The van der Waals surface area contributed by atoms with Crippen molar-refractivity contribution in [2.24, 2.45) is 0 Å². The number of halogens is 1. The summed E-state index contributed by atoms with van der Waals surface area (Å²) >= 11 is 6.18. The van der Waals surface area contributed by atoms with E-state index in [1.54, 1.807) is 30.3 Å². The zero-order chi connectivity index (χ0) is 19.2.